The van der Waals surface area contributed by atoms with Gasteiger partial charge in [0.25, 0.3) is 0 Å². The highest BCUT2D eigenvalue weighted by molar-refractivity contribution is 5.87. The molecule has 1 aliphatic heterocycles. The number of phenolic OH excluding ortho intramolecular Hbond substituents is 2. The molecule has 2 fully saturated rings. The van der Waals surface area contributed by atoms with Gasteiger partial charge in [-0.3, -0.25) is 0 Å². The monoisotopic (exact) mass is 336 g/mol. The number of hydrogen-bond acceptors (Lipinski definition) is 8. The van der Waals surface area contributed by atoms with Gasteiger partial charge in [-0.2, -0.15) is 0 Å². The summed E-state index contributed by atoms with van der Waals surface area (Å²) in [7, 11) is 0. The van der Waals surface area contributed by atoms with Crippen LogP contribution in [0.15, 0.2) is 24.3 Å². The highest BCUT2D eigenvalue weighted by Crippen LogP contribution is 2.39. The summed E-state index contributed by atoms with van der Waals surface area (Å²) in [6.45, 7) is 0. The van der Waals surface area contributed by atoms with E-state index in [4.69, 9.17) is 9.47 Å². The van der Waals surface area contributed by atoms with E-state index in [0.717, 1.165) is 6.08 Å². The van der Waals surface area contributed by atoms with Crippen molar-refractivity contribution < 1.29 is 39.5 Å². The number of carbonyl (C=O) groups is 2. The molecule has 1 saturated heterocycles. The SMILES string of the molecule is O=C(/C=C/c1ccc(O)c(O)c1)OC1C[C@]2(O)CC(OC2=O)[C@H]1O. The molecule has 4 N–H and O–H groups in total. The summed E-state index contributed by atoms with van der Waals surface area (Å²) in [4.78, 5) is 23.4. The van der Waals surface area contributed by atoms with E-state index in [1.807, 2.05) is 0 Å². The summed E-state index contributed by atoms with van der Waals surface area (Å²) >= 11 is 0. The second-order valence-corrected chi connectivity index (χ2v) is 5.93. The molecule has 3 rings (SSSR count). The summed E-state index contributed by atoms with van der Waals surface area (Å²) in [5.41, 5.74) is -1.29. The molecule has 2 unspecified atom stereocenters. The second-order valence-electron chi connectivity index (χ2n) is 5.93. The molecule has 0 spiro atoms. The largest absolute Gasteiger partial charge is 0.504 e. The summed E-state index contributed by atoms with van der Waals surface area (Å²) in [5, 5.41) is 38.7. The van der Waals surface area contributed by atoms with Crippen LogP contribution in [0.3, 0.4) is 0 Å². The molecule has 1 aromatic rings. The van der Waals surface area contributed by atoms with Crippen LogP contribution >= 0.6 is 0 Å². The average molecular weight is 336 g/mol. The summed E-state index contributed by atoms with van der Waals surface area (Å²) in [6, 6.07) is 4.00. The van der Waals surface area contributed by atoms with Crippen LogP contribution in [0.5, 0.6) is 11.5 Å². The van der Waals surface area contributed by atoms with Gasteiger partial charge in [0.2, 0.25) is 0 Å². The van der Waals surface area contributed by atoms with Crippen molar-refractivity contribution in [2.75, 3.05) is 0 Å². The Bertz CT molecular complexity index is 712. The minimum atomic E-state index is -1.73. The fourth-order valence-electron chi connectivity index (χ4n) is 2.86. The van der Waals surface area contributed by atoms with Gasteiger partial charge in [0.05, 0.1) is 0 Å². The first-order valence-corrected chi connectivity index (χ1v) is 7.31. The van der Waals surface area contributed by atoms with Crippen molar-refractivity contribution in [3.05, 3.63) is 29.8 Å². The molecule has 1 saturated carbocycles. The molecule has 0 radical (unpaired) electrons. The number of aliphatic hydroxyl groups excluding tert-OH is 1. The van der Waals surface area contributed by atoms with Gasteiger partial charge in [-0.05, 0) is 23.8 Å². The maximum absolute atomic E-state index is 11.9. The van der Waals surface area contributed by atoms with E-state index in [1.165, 1.54) is 24.3 Å². The van der Waals surface area contributed by atoms with E-state index in [9.17, 15) is 30.0 Å². The number of rotatable bonds is 3. The van der Waals surface area contributed by atoms with Gasteiger partial charge in [-0.25, -0.2) is 9.59 Å². The van der Waals surface area contributed by atoms with Crippen molar-refractivity contribution >= 4 is 18.0 Å². The number of benzene rings is 1. The van der Waals surface area contributed by atoms with Crippen molar-refractivity contribution in [3.63, 3.8) is 0 Å². The van der Waals surface area contributed by atoms with E-state index in [0.29, 0.717) is 5.56 Å². The lowest BCUT2D eigenvalue weighted by molar-refractivity contribution is -0.162. The third-order valence-corrected chi connectivity index (χ3v) is 4.16. The van der Waals surface area contributed by atoms with E-state index in [1.54, 1.807) is 0 Å². The molecule has 8 nitrogen and oxygen atoms in total. The molecule has 8 heteroatoms. The number of esters is 2. The first-order chi connectivity index (χ1) is 11.3. The predicted octanol–water partition coefficient (Wildman–Crippen LogP) is -0.166. The Morgan fingerprint density at radius 2 is 2.04 bits per heavy atom. The van der Waals surface area contributed by atoms with Crippen molar-refractivity contribution in [3.8, 4) is 11.5 Å². The van der Waals surface area contributed by atoms with Crippen LogP contribution < -0.4 is 0 Å². The van der Waals surface area contributed by atoms with E-state index < -0.39 is 35.9 Å². The number of phenols is 2. The first kappa shape index (κ1) is 16.3. The van der Waals surface area contributed by atoms with Crippen LogP contribution in [-0.4, -0.2) is 56.3 Å². The van der Waals surface area contributed by atoms with Gasteiger partial charge in [-0.15, -0.1) is 0 Å². The molecule has 128 valence electrons. The van der Waals surface area contributed by atoms with Crippen LogP contribution in [0.2, 0.25) is 0 Å². The van der Waals surface area contributed by atoms with Crippen LogP contribution in [0.1, 0.15) is 18.4 Å². The zero-order chi connectivity index (χ0) is 17.5. The Hall–Kier alpha value is -2.58. The van der Waals surface area contributed by atoms with Crippen LogP contribution in [0, 0.1) is 0 Å². The molecule has 0 amide bonds. The minimum absolute atomic E-state index is 0.0241. The fraction of sp³-hybridized carbons (Fsp3) is 0.375. The Kier molecular flexibility index (Phi) is 3.94. The molecule has 2 aliphatic rings. The maximum Gasteiger partial charge on any atom is 0.338 e. The van der Waals surface area contributed by atoms with E-state index >= 15 is 0 Å². The van der Waals surface area contributed by atoms with Gasteiger partial charge < -0.3 is 29.9 Å². The predicted molar refractivity (Wildman–Crippen MR) is 78.8 cm³/mol. The van der Waals surface area contributed by atoms with E-state index in [-0.39, 0.29) is 24.3 Å². The number of hydrogen-bond donors (Lipinski definition) is 4. The Morgan fingerprint density at radius 1 is 1.29 bits per heavy atom. The molecule has 1 aliphatic carbocycles. The van der Waals surface area contributed by atoms with Gasteiger partial charge in [0.1, 0.15) is 18.3 Å². The number of carbonyl (C=O) groups excluding carboxylic acids is 2. The molecule has 1 heterocycles. The summed E-state index contributed by atoms with van der Waals surface area (Å²) < 4.78 is 9.96. The number of fused-ring (bicyclic) bond motifs is 2. The molecule has 24 heavy (non-hydrogen) atoms. The number of aliphatic hydroxyl groups is 2. The lowest BCUT2D eigenvalue weighted by Crippen LogP contribution is -2.50. The molecular formula is C16H16O8. The Labute approximate surface area is 136 Å². The third kappa shape index (κ3) is 2.93. The first-order valence-electron chi connectivity index (χ1n) is 7.31. The smallest absolute Gasteiger partial charge is 0.338 e. The Balaban J connectivity index is 1.65. The lowest BCUT2D eigenvalue weighted by Gasteiger charge is -2.32. The highest BCUT2D eigenvalue weighted by Gasteiger charge is 2.58. The van der Waals surface area contributed by atoms with Gasteiger partial charge in [0.15, 0.2) is 17.1 Å². The average Bonchev–Trinajstić information content (AvgIpc) is 2.78. The normalized spacial score (nSPS) is 31.9. The standard InChI is InChI=1S/C16H16O8/c17-9-3-1-8(5-10(9)18)2-4-13(19)23-11-6-16(22)7-12(14(11)20)24-15(16)21/h1-5,11-12,14,17-18,20,22H,6-7H2/b4-2+/t11?,12?,14-,16-/m0/s1. The molecule has 0 aromatic heterocycles. The fourth-order valence-corrected chi connectivity index (χ4v) is 2.86. The lowest BCUT2D eigenvalue weighted by atomic mass is 9.82. The van der Waals surface area contributed by atoms with Gasteiger partial charge in [-0.1, -0.05) is 6.07 Å². The van der Waals surface area contributed by atoms with Crippen molar-refractivity contribution in [2.45, 2.75) is 36.8 Å². The number of aromatic hydroxyl groups is 2. The van der Waals surface area contributed by atoms with Gasteiger partial charge in [0, 0.05) is 18.9 Å². The van der Waals surface area contributed by atoms with Crippen LogP contribution in [-0.2, 0) is 19.1 Å². The van der Waals surface area contributed by atoms with Crippen LogP contribution in [0.4, 0.5) is 0 Å². The van der Waals surface area contributed by atoms with Crippen LogP contribution in [0.25, 0.3) is 6.08 Å². The van der Waals surface area contributed by atoms with Crippen molar-refractivity contribution in [1.29, 1.82) is 0 Å². The highest BCUT2D eigenvalue weighted by atomic mass is 16.6. The van der Waals surface area contributed by atoms with Gasteiger partial charge >= 0.3 is 11.9 Å². The zero-order valence-electron chi connectivity index (χ0n) is 12.5. The Morgan fingerprint density at radius 3 is 2.75 bits per heavy atom. The third-order valence-electron chi connectivity index (χ3n) is 4.16. The molecule has 4 atom stereocenters. The molecule has 2 bridgehead atoms. The number of ether oxygens (including phenoxy) is 2. The maximum atomic E-state index is 11.9. The molecular weight excluding hydrogens is 320 g/mol. The molecule has 1 aromatic carbocycles. The van der Waals surface area contributed by atoms with Crippen molar-refractivity contribution in [1.82, 2.24) is 0 Å². The summed E-state index contributed by atoms with van der Waals surface area (Å²) in [6.07, 6.45) is -1.000. The summed E-state index contributed by atoms with van der Waals surface area (Å²) in [5.74, 6) is -2.22. The quantitative estimate of drug-likeness (QED) is 0.340. The second kappa shape index (κ2) is 5.81. The topological polar surface area (TPSA) is 134 Å². The van der Waals surface area contributed by atoms with E-state index in [2.05, 4.69) is 0 Å². The van der Waals surface area contributed by atoms with Crippen molar-refractivity contribution in [2.24, 2.45) is 0 Å². The zero-order valence-corrected chi connectivity index (χ0v) is 12.5. The minimum Gasteiger partial charge on any atom is -0.504 e.